The number of rotatable bonds is 4. The number of carbonyl (C=O) groups excluding carboxylic acids is 1. The number of furan rings is 1. The fourth-order valence-electron chi connectivity index (χ4n) is 2.70. The Bertz CT molecular complexity index is 864. The number of hydrogen-bond acceptors (Lipinski definition) is 3. The van der Waals surface area contributed by atoms with E-state index in [9.17, 15) is 4.79 Å². The average molecular weight is 309 g/mol. The molecule has 0 bridgehead atoms. The van der Waals surface area contributed by atoms with Gasteiger partial charge in [-0.1, -0.05) is 35.9 Å². The van der Waals surface area contributed by atoms with Gasteiger partial charge in [0.15, 0.2) is 5.76 Å². The molecule has 4 nitrogen and oxygen atoms in total. The van der Waals surface area contributed by atoms with E-state index in [0.717, 1.165) is 27.8 Å². The summed E-state index contributed by atoms with van der Waals surface area (Å²) in [5, 5.41) is 3.83. The van der Waals surface area contributed by atoms with Crippen LogP contribution in [0.5, 0.6) is 0 Å². The van der Waals surface area contributed by atoms with Crippen LogP contribution in [0.2, 0.25) is 0 Å². The van der Waals surface area contributed by atoms with Crippen molar-refractivity contribution in [2.24, 2.45) is 0 Å². The molecule has 1 N–H and O–H groups in total. The molecule has 0 aliphatic carbocycles. The van der Waals surface area contributed by atoms with Crippen molar-refractivity contribution in [3.63, 3.8) is 0 Å². The van der Waals surface area contributed by atoms with Gasteiger partial charge in [0.2, 0.25) is 0 Å². The number of benzene rings is 2. The number of hydrogen-bond donors (Lipinski definition) is 1. The summed E-state index contributed by atoms with van der Waals surface area (Å²) >= 11 is 0. The minimum absolute atomic E-state index is 0.264. The molecule has 0 aliphatic rings. The highest BCUT2D eigenvalue weighted by Crippen LogP contribution is 2.27. The zero-order valence-electron chi connectivity index (χ0n) is 13.5. The highest BCUT2D eigenvalue weighted by molar-refractivity contribution is 6.06. The van der Waals surface area contributed by atoms with E-state index in [1.165, 1.54) is 0 Å². The van der Waals surface area contributed by atoms with Gasteiger partial charge >= 0.3 is 0 Å². The Kier molecular flexibility index (Phi) is 4.17. The summed E-state index contributed by atoms with van der Waals surface area (Å²) in [5.74, 6) is 0.0354. The van der Waals surface area contributed by atoms with Crippen LogP contribution in [0.15, 0.2) is 46.9 Å². The third-order valence-electron chi connectivity index (χ3n) is 3.82. The Hall–Kier alpha value is -2.59. The molecule has 0 fully saturated rings. The summed E-state index contributed by atoms with van der Waals surface area (Å²) in [7, 11) is 1.60. The van der Waals surface area contributed by atoms with Crippen molar-refractivity contribution in [1.82, 2.24) is 0 Å². The molecule has 1 aromatic heterocycles. The molecule has 0 saturated carbocycles. The Morgan fingerprint density at radius 1 is 1.17 bits per heavy atom. The zero-order chi connectivity index (χ0) is 16.4. The lowest BCUT2D eigenvalue weighted by molar-refractivity contribution is 0.0992. The Balaban J connectivity index is 1.98. The normalized spacial score (nSPS) is 10.9. The summed E-state index contributed by atoms with van der Waals surface area (Å²) in [6, 6.07) is 13.5. The van der Waals surface area contributed by atoms with E-state index in [1.54, 1.807) is 7.11 Å². The van der Waals surface area contributed by atoms with Gasteiger partial charge in [-0.25, -0.2) is 0 Å². The van der Waals surface area contributed by atoms with Crippen molar-refractivity contribution in [3.05, 3.63) is 64.9 Å². The van der Waals surface area contributed by atoms with Crippen LogP contribution in [0.4, 0.5) is 5.69 Å². The SMILES string of the molecule is COCc1c(C(=O)Nc2ccc(C)cc2C)oc2ccccc12. The van der Waals surface area contributed by atoms with Crippen LogP contribution in [-0.2, 0) is 11.3 Å². The van der Waals surface area contributed by atoms with Crippen molar-refractivity contribution >= 4 is 22.6 Å². The second kappa shape index (κ2) is 6.26. The molecule has 1 heterocycles. The summed E-state index contributed by atoms with van der Waals surface area (Å²) in [6.07, 6.45) is 0. The molecule has 1 amide bonds. The molecule has 23 heavy (non-hydrogen) atoms. The number of anilines is 1. The molecule has 3 aromatic rings. The van der Waals surface area contributed by atoms with Gasteiger partial charge in [-0.15, -0.1) is 0 Å². The number of methoxy groups -OCH3 is 1. The number of aryl methyl sites for hydroxylation is 2. The number of ether oxygens (including phenoxy) is 1. The van der Waals surface area contributed by atoms with Crippen LogP contribution in [-0.4, -0.2) is 13.0 Å². The molecule has 4 heteroatoms. The van der Waals surface area contributed by atoms with Gasteiger partial charge < -0.3 is 14.5 Å². The second-order valence-corrected chi connectivity index (χ2v) is 5.61. The van der Waals surface area contributed by atoms with E-state index < -0.39 is 0 Å². The zero-order valence-corrected chi connectivity index (χ0v) is 13.5. The Morgan fingerprint density at radius 2 is 1.96 bits per heavy atom. The molecule has 0 atom stereocenters. The fraction of sp³-hybridized carbons (Fsp3) is 0.211. The first-order valence-corrected chi connectivity index (χ1v) is 7.48. The maximum atomic E-state index is 12.7. The van der Waals surface area contributed by atoms with Crippen LogP contribution in [0, 0.1) is 13.8 Å². The van der Waals surface area contributed by atoms with Crippen LogP contribution in [0.25, 0.3) is 11.0 Å². The van der Waals surface area contributed by atoms with Crippen molar-refractivity contribution in [2.45, 2.75) is 20.5 Å². The van der Waals surface area contributed by atoms with Gasteiger partial charge in [-0.2, -0.15) is 0 Å². The predicted octanol–water partition coefficient (Wildman–Crippen LogP) is 4.45. The number of fused-ring (bicyclic) bond motifs is 1. The highest BCUT2D eigenvalue weighted by Gasteiger charge is 2.20. The minimum Gasteiger partial charge on any atom is -0.451 e. The van der Waals surface area contributed by atoms with Gasteiger partial charge in [0.05, 0.1) is 6.61 Å². The fourth-order valence-corrected chi connectivity index (χ4v) is 2.70. The molecule has 0 aliphatic heterocycles. The van der Waals surface area contributed by atoms with Crippen molar-refractivity contribution in [2.75, 3.05) is 12.4 Å². The molecule has 0 saturated heterocycles. The first-order chi connectivity index (χ1) is 11.1. The van der Waals surface area contributed by atoms with Gasteiger partial charge in [-0.05, 0) is 31.5 Å². The van der Waals surface area contributed by atoms with E-state index in [2.05, 4.69) is 5.32 Å². The van der Waals surface area contributed by atoms with E-state index >= 15 is 0 Å². The monoisotopic (exact) mass is 309 g/mol. The molecular weight excluding hydrogens is 290 g/mol. The molecule has 0 radical (unpaired) electrons. The quantitative estimate of drug-likeness (QED) is 0.774. The lowest BCUT2D eigenvalue weighted by Gasteiger charge is -2.09. The topological polar surface area (TPSA) is 51.5 Å². The number of para-hydroxylation sites is 1. The summed E-state index contributed by atoms with van der Waals surface area (Å²) in [6.45, 7) is 4.32. The maximum absolute atomic E-state index is 12.7. The Morgan fingerprint density at radius 3 is 2.70 bits per heavy atom. The molecular formula is C19H19NO3. The molecule has 3 rings (SSSR count). The van der Waals surface area contributed by atoms with E-state index in [4.69, 9.17) is 9.15 Å². The number of amides is 1. The first-order valence-electron chi connectivity index (χ1n) is 7.48. The summed E-state index contributed by atoms with van der Waals surface area (Å²) in [5.41, 5.74) is 4.41. The summed E-state index contributed by atoms with van der Waals surface area (Å²) < 4.78 is 11.0. The van der Waals surface area contributed by atoms with Crippen LogP contribution in [0.1, 0.15) is 27.2 Å². The van der Waals surface area contributed by atoms with Crippen LogP contribution < -0.4 is 5.32 Å². The number of nitrogens with one attached hydrogen (secondary N) is 1. The third kappa shape index (κ3) is 2.98. The van der Waals surface area contributed by atoms with E-state index in [0.29, 0.717) is 18.0 Å². The molecule has 0 spiro atoms. The van der Waals surface area contributed by atoms with Gasteiger partial charge in [-0.3, -0.25) is 4.79 Å². The van der Waals surface area contributed by atoms with Crippen molar-refractivity contribution in [1.29, 1.82) is 0 Å². The largest absolute Gasteiger partial charge is 0.451 e. The molecule has 0 unspecified atom stereocenters. The van der Waals surface area contributed by atoms with E-state index in [1.807, 2.05) is 56.3 Å². The lowest BCUT2D eigenvalue weighted by atomic mass is 10.1. The highest BCUT2D eigenvalue weighted by atomic mass is 16.5. The second-order valence-electron chi connectivity index (χ2n) is 5.61. The molecule has 118 valence electrons. The maximum Gasteiger partial charge on any atom is 0.291 e. The van der Waals surface area contributed by atoms with Crippen LogP contribution in [0.3, 0.4) is 0 Å². The molecule has 2 aromatic carbocycles. The number of carbonyl (C=O) groups is 1. The first kappa shape index (κ1) is 15.3. The third-order valence-corrected chi connectivity index (χ3v) is 3.82. The van der Waals surface area contributed by atoms with Gasteiger partial charge in [0.25, 0.3) is 5.91 Å². The van der Waals surface area contributed by atoms with Gasteiger partial charge in [0, 0.05) is 23.7 Å². The predicted molar refractivity (Wildman–Crippen MR) is 90.8 cm³/mol. The van der Waals surface area contributed by atoms with Gasteiger partial charge in [0.1, 0.15) is 5.58 Å². The summed E-state index contributed by atoms with van der Waals surface area (Å²) in [4.78, 5) is 12.7. The lowest BCUT2D eigenvalue weighted by Crippen LogP contribution is -2.14. The van der Waals surface area contributed by atoms with Crippen molar-refractivity contribution in [3.8, 4) is 0 Å². The Labute approximate surface area is 135 Å². The smallest absolute Gasteiger partial charge is 0.291 e. The average Bonchev–Trinajstić information content (AvgIpc) is 2.90. The van der Waals surface area contributed by atoms with Crippen LogP contribution >= 0.6 is 0 Å². The standard InChI is InChI=1S/C19H19NO3/c1-12-8-9-16(13(2)10-12)20-19(21)18-15(11-22-3)14-6-4-5-7-17(14)23-18/h4-10H,11H2,1-3H3,(H,20,21). The minimum atomic E-state index is -0.264. The van der Waals surface area contributed by atoms with E-state index in [-0.39, 0.29) is 5.91 Å². The van der Waals surface area contributed by atoms with Crippen molar-refractivity contribution < 1.29 is 13.9 Å².